The van der Waals surface area contributed by atoms with Crippen LogP contribution in [0, 0.1) is 20.8 Å². The van der Waals surface area contributed by atoms with Crippen LogP contribution >= 0.6 is 23.4 Å². The van der Waals surface area contributed by atoms with Crippen LogP contribution in [0.4, 0.5) is 8.78 Å². The fourth-order valence-corrected chi connectivity index (χ4v) is 5.02. The molecule has 3 nitrogen and oxygen atoms in total. The number of rotatable bonds is 6. The van der Waals surface area contributed by atoms with Crippen LogP contribution in [-0.2, 0) is 5.92 Å². The normalized spacial score (nSPS) is 11.6. The summed E-state index contributed by atoms with van der Waals surface area (Å²) in [5.74, 6) is -3.79. The molecular formula is C27H23ClF2N2OS. The molecule has 1 heterocycles. The van der Waals surface area contributed by atoms with Gasteiger partial charge in [-0.15, -0.1) is 0 Å². The van der Waals surface area contributed by atoms with Crippen molar-refractivity contribution in [3.05, 3.63) is 99.7 Å². The van der Waals surface area contributed by atoms with Gasteiger partial charge in [0.15, 0.2) is 0 Å². The van der Waals surface area contributed by atoms with E-state index in [4.69, 9.17) is 11.6 Å². The Hall–Kier alpha value is -2.96. The minimum atomic E-state index is -3.21. The maximum Gasteiger partial charge on any atom is 0.290 e. The van der Waals surface area contributed by atoms with Crippen molar-refractivity contribution in [2.75, 3.05) is 6.54 Å². The highest BCUT2D eigenvalue weighted by atomic mass is 35.5. The number of hydrogen-bond donors (Lipinski definition) is 1. The third kappa shape index (κ3) is 5.08. The Morgan fingerprint density at radius 3 is 2.53 bits per heavy atom. The lowest BCUT2D eigenvalue weighted by molar-refractivity contribution is -0.00308. The van der Waals surface area contributed by atoms with Gasteiger partial charge >= 0.3 is 0 Å². The Labute approximate surface area is 206 Å². The fourth-order valence-electron chi connectivity index (χ4n) is 3.80. The number of hydrogen-bond acceptors (Lipinski definition) is 3. The average molecular weight is 497 g/mol. The number of halogens is 3. The van der Waals surface area contributed by atoms with Crippen LogP contribution in [0.15, 0.2) is 76.7 Å². The zero-order chi connectivity index (χ0) is 24.5. The first kappa shape index (κ1) is 24.2. The quantitative estimate of drug-likeness (QED) is 0.301. The van der Waals surface area contributed by atoms with E-state index in [9.17, 15) is 4.79 Å². The molecule has 7 heteroatoms. The van der Waals surface area contributed by atoms with Gasteiger partial charge in [-0.1, -0.05) is 71.4 Å². The zero-order valence-electron chi connectivity index (χ0n) is 19.0. The second-order valence-electron chi connectivity index (χ2n) is 8.23. The lowest BCUT2D eigenvalue weighted by Crippen LogP contribution is -2.35. The van der Waals surface area contributed by atoms with Gasteiger partial charge < -0.3 is 5.32 Å². The van der Waals surface area contributed by atoms with E-state index in [0.717, 1.165) is 16.0 Å². The first-order valence-corrected chi connectivity index (χ1v) is 11.9. The van der Waals surface area contributed by atoms with Gasteiger partial charge in [0, 0.05) is 32.0 Å². The van der Waals surface area contributed by atoms with E-state index in [1.807, 2.05) is 38.1 Å². The summed E-state index contributed by atoms with van der Waals surface area (Å²) in [7, 11) is 0. The van der Waals surface area contributed by atoms with Crippen LogP contribution in [-0.4, -0.2) is 17.4 Å². The number of aromatic nitrogens is 1. The van der Waals surface area contributed by atoms with Crippen molar-refractivity contribution in [2.45, 2.75) is 36.5 Å². The zero-order valence-corrected chi connectivity index (χ0v) is 20.5. The van der Waals surface area contributed by atoms with Gasteiger partial charge in [0.1, 0.15) is 0 Å². The third-order valence-corrected chi connectivity index (χ3v) is 7.01. The summed E-state index contributed by atoms with van der Waals surface area (Å²) < 4.78 is 30.0. The number of nitrogens with one attached hydrogen (secondary N) is 1. The highest BCUT2D eigenvalue weighted by molar-refractivity contribution is 7.99. The minimum Gasteiger partial charge on any atom is -0.346 e. The summed E-state index contributed by atoms with van der Waals surface area (Å²) in [4.78, 5) is 19.1. The van der Waals surface area contributed by atoms with E-state index in [-0.39, 0.29) is 5.56 Å². The molecule has 174 valence electrons. The van der Waals surface area contributed by atoms with Crippen LogP contribution in [0.3, 0.4) is 0 Å². The number of para-hydroxylation sites is 1. The maximum atomic E-state index is 15.0. The molecular weight excluding hydrogens is 474 g/mol. The van der Waals surface area contributed by atoms with Crippen molar-refractivity contribution in [1.82, 2.24) is 10.3 Å². The SMILES string of the molecule is Cc1ccc(C(F)(F)CNC(=O)c2c(Sc3ccc(C)c(Cl)c3)cnc3ccccc23)c(C)c1. The molecule has 0 unspecified atom stereocenters. The molecule has 1 aromatic heterocycles. The third-order valence-electron chi connectivity index (χ3n) is 5.59. The van der Waals surface area contributed by atoms with Crippen LogP contribution < -0.4 is 5.32 Å². The number of carbonyl (C=O) groups is 1. The van der Waals surface area contributed by atoms with Gasteiger partial charge in [0.05, 0.1) is 17.6 Å². The highest BCUT2D eigenvalue weighted by Gasteiger charge is 2.34. The number of pyridine rings is 1. The van der Waals surface area contributed by atoms with Crippen LogP contribution in [0.2, 0.25) is 5.02 Å². The van der Waals surface area contributed by atoms with Crippen molar-refractivity contribution in [1.29, 1.82) is 0 Å². The smallest absolute Gasteiger partial charge is 0.290 e. The Bertz CT molecular complexity index is 1390. The summed E-state index contributed by atoms with van der Waals surface area (Å²) in [5.41, 5.74) is 3.16. The molecule has 1 N–H and O–H groups in total. The molecule has 0 radical (unpaired) electrons. The van der Waals surface area contributed by atoms with Gasteiger partial charge in [0.25, 0.3) is 11.8 Å². The monoisotopic (exact) mass is 496 g/mol. The highest BCUT2D eigenvalue weighted by Crippen LogP contribution is 2.36. The van der Waals surface area contributed by atoms with Crippen molar-refractivity contribution >= 4 is 40.2 Å². The van der Waals surface area contributed by atoms with Crippen molar-refractivity contribution < 1.29 is 13.6 Å². The number of aryl methyl sites for hydroxylation is 3. The number of benzene rings is 3. The molecule has 0 atom stereocenters. The molecule has 0 aliphatic carbocycles. The number of carbonyl (C=O) groups excluding carboxylic acids is 1. The molecule has 4 aromatic rings. The average Bonchev–Trinajstić information content (AvgIpc) is 2.79. The molecule has 1 amide bonds. The van der Waals surface area contributed by atoms with Gasteiger partial charge in [-0.25, -0.2) is 0 Å². The number of fused-ring (bicyclic) bond motifs is 1. The number of alkyl halides is 2. The van der Waals surface area contributed by atoms with Gasteiger partial charge in [-0.2, -0.15) is 8.78 Å². The van der Waals surface area contributed by atoms with E-state index < -0.39 is 18.4 Å². The van der Waals surface area contributed by atoms with Gasteiger partial charge in [-0.05, 0) is 50.1 Å². The summed E-state index contributed by atoms with van der Waals surface area (Å²) >= 11 is 7.59. The topological polar surface area (TPSA) is 42.0 Å². The fraction of sp³-hybridized carbons (Fsp3) is 0.185. The lowest BCUT2D eigenvalue weighted by atomic mass is 10.00. The molecule has 0 aliphatic rings. The standard InChI is InChI=1S/C27H23ClF2N2OS/c1-16-8-11-21(18(3)12-16)27(29,30)15-32-26(33)25-20-6-4-5-7-23(20)31-14-24(25)34-19-10-9-17(2)22(28)13-19/h4-14H,15H2,1-3H3,(H,32,33). The summed E-state index contributed by atoms with van der Waals surface area (Å²) in [6.45, 7) is 4.59. The number of nitrogens with zero attached hydrogens (tertiary/aromatic N) is 1. The molecule has 0 saturated heterocycles. The number of amides is 1. The van der Waals surface area contributed by atoms with E-state index in [1.165, 1.54) is 17.8 Å². The minimum absolute atomic E-state index is 0.0955. The lowest BCUT2D eigenvalue weighted by Gasteiger charge is -2.20. The van der Waals surface area contributed by atoms with E-state index in [0.29, 0.717) is 31.9 Å². The summed E-state index contributed by atoms with van der Waals surface area (Å²) in [6.07, 6.45) is 1.60. The molecule has 0 bridgehead atoms. The Balaban J connectivity index is 1.67. The predicted molar refractivity (Wildman–Crippen MR) is 134 cm³/mol. The Morgan fingerprint density at radius 2 is 1.79 bits per heavy atom. The second-order valence-corrected chi connectivity index (χ2v) is 9.76. The molecule has 0 spiro atoms. The van der Waals surface area contributed by atoms with Crippen molar-refractivity contribution in [3.8, 4) is 0 Å². The van der Waals surface area contributed by atoms with E-state index in [2.05, 4.69) is 10.3 Å². The summed E-state index contributed by atoms with van der Waals surface area (Å²) in [6, 6.07) is 17.5. The van der Waals surface area contributed by atoms with Crippen LogP contribution in [0.5, 0.6) is 0 Å². The van der Waals surface area contributed by atoms with Crippen LogP contribution in [0.25, 0.3) is 10.9 Å². The van der Waals surface area contributed by atoms with Crippen molar-refractivity contribution in [3.63, 3.8) is 0 Å². The van der Waals surface area contributed by atoms with Gasteiger partial charge in [-0.3, -0.25) is 9.78 Å². The Morgan fingerprint density at radius 1 is 1.03 bits per heavy atom. The Kier molecular flexibility index (Phi) is 6.91. The molecule has 0 saturated carbocycles. The molecule has 0 fully saturated rings. The van der Waals surface area contributed by atoms with Gasteiger partial charge in [0.2, 0.25) is 0 Å². The molecule has 34 heavy (non-hydrogen) atoms. The van der Waals surface area contributed by atoms with Crippen LogP contribution in [0.1, 0.15) is 32.6 Å². The first-order chi connectivity index (χ1) is 16.2. The first-order valence-electron chi connectivity index (χ1n) is 10.7. The predicted octanol–water partition coefficient (Wildman–Crippen LogP) is 7.49. The largest absolute Gasteiger partial charge is 0.346 e. The summed E-state index contributed by atoms with van der Waals surface area (Å²) in [5, 5.41) is 3.67. The van der Waals surface area contributed by atoms with E-state index >= 15 is 8.78 Å². The molecule has 0 aliphatic heterocycles. The second kappa shape index (κ2) is 9.72. The maximum absolute atomic E-state index is 15.0. The molecule has 3 aromatic carbocycles. The van der Waals surface area contributed by atoms with E-state index in [1.54, 1.807) is 43.5 Å². The molecule has 4 rings (SSSR count). The van der Waals surface area contributed by atoms with Crippen molar-refractivity contribution in [2.24, 2.45) is 0 Å².